The minimum Gasteiger partial charge on any atom is -0.381 e. The van der Waals surface area contributed by atoms with Crippen molar-refractivity contribution in [2.75, 3.05) is 53.0 Å². The van der Waals surface area contributed by atoms with Crippen molar-refractivity contribution in [3.63, 3.8) is 0 Å². The zero-order valence-electron chi connectivity index (χ0n) is 27.0. The van der Waals surface area contributed by atoms with Crippen molar-refractivity contribution in [3.8, 4) is 0 Å². The summed E-state index contributed by atoms with van der Waals surface area (Å²) in [6.45, 7) is 14.4. The van der Waals surface area contributed by atoms with Gasteiger partial charge in [-0.15, -0.1) is 0 Å². The Hall–Kier alpha value is -2.16. The number of hydrogen-bond donors (Lipinski definition) is 0. The molecule has 0 N–H and O–H groups in total. The van der Waals surface area contributed by atoms with Crippen molar-refractivity contribution in [2.45, 2.75) is 118 Å². The van der Waals surface area contributed by atoms with E-state index in [9.17, 15) is 19.2 Å². The normalized spacial score (nSPS) is 16.7. The molecule has 2 fully saturated rings. The van der Waals surface area contributed by atoms with Crippen LogP contribution in [0.2, 0.25) is 0 Å². The number of carbonyl (C=O) groups is 4. The van der Waals surface area contributed by atoms with Crippen LogP contribution in [0.5, 0.6) is 0 Å². The van der Waals surface area contributed by atoms with Crippen LogP contribution in [0.15, 0.2) is 0 Å². The predicted molar refractivity (Wildman–Crippen MR) is 162 cm³/mol. The van der Waals surface area contributed by atoms with Gasteiger partial charge in [0.15, 0.2) is 0 Å². The zero-order chi connectivity index (χ0) is 30.5. The molecule has 9 heteroatoms. The van der Waals surface area contributed by atoms with Crippen molar-refractivity contribution < 1.29 is 23.9 Å². The molecule has 0 unspecified atom stereocenters. The highest BCUT2D eigenvalue weighted by Crippen LogP contribution is 2.38. The molecule has 0 radical (unpaired) electrons. The van der Waals surface area contributed by atoms with E-state index in [4.69, 9.17) is 4.74 Å². The molecule has 6 amide bonds. The van der Waals surface area contributed by atoms with Gasteiger partial charge < -0.3 is 14.5 Å². The summed E-state index contributed by atoms with van der Waals surface area (Å²) in [6, 6.07) is -0.300. The summed E-state index contributed by atoms with van der Waals surface area (Å²) in [7, 11) is 1.69. The predicted octanol–water partition coefficient (Wildman–Crippen LogP) is 6.30. The van der Waals surface area contributed by atoms with E-state index < -0.39 is 0 Å². The third kappa shape index (κ3) is 9.69. The number of amides is 6. The zero-order valence-corrected chi connectivity index (χ0v) is 27.0. The van der Waals surface area contributed by atoms with Crippen molar-refractivity contribution in [1.82, 2.24) is 19.6 Å². The van der Waals surface area contributed by atoms with Crippen LogP contribution in [0.3, 0.4) is 0 Å². The van der Waals surface area contributed by atoms with Crippen LogP contribution in [-0.2, 0) is 14.3 Å². The molecule has 2 rings (SSSR count). The standard InChI is InChI=1S/C32H58N4O5/c1-7-31(8-2,18-12-15-21-35-28(38)25-34(11-5)30(35)40)19-13-16-22-41-23-17-14-20-32(9-3,10-4)26-36-27(37)24-33(6)29(36)39/h7-26H2,1-6H3. The minimum atomic E-state index is -0.168. The molecule has 0 spiro atoms. The number of ether oxygens (including phenoxy) is 1. The number of urea groups is 2. The Balaban J connectivity index is 1.62. The highest BCUT2D eigenvalue weighted by molar-refractivity contribution is 6.02. The van der Waals surface area contributed by atoms with Crippen LogP contribution in [-0.4, -0.2) is 96.5 Å². The maximum Gasteiger partial charge on any atom is 0.327 e. The van der Waals surface area contributed by atoms with E-state index in [0.29, 0.717) is 25.0 Å². The van der Waals surface area contributed by atoms with Crippen LogP contribution in [0.25, 0.3) is 0 Å². The van der Waals surface area contributed by atoms with E-state index >= 15 is 0 Å². The van der Waals surface area contributed by atoms with Gasteiger partial charge in [0.05, 0.1) is 0 Å². The number of nitrogens with zero attached hydrogens (tertiary/aromatic N) is 4. The molecular weight excluding hydrogens is 520 g/mol. The Morgan fingerprint density at radius 3 is 1.61 bits per heavy atom. The lowest BCUT2D eigenvalue weighted by Crippen LogP contribution is -2.41. The van der Waals surface area contributed by atoms with Gasteiger partial charge in [-0.3, -0.25) is 19.4 Å². The van der Waals surface area contributed by atoms with Crippen molar-refractivity contribution in [1.29, 1.82) is 0 Å². The first kappa shape index (κ1) is 35.0. The van der Waals surface area contributed by atoms with E-state index in [1.807, 2.05) is 6.92 Å². The molecule has 9 nitrogen and oxygen atoms in total. The molecule has 0 bridgehead atoms. The molecule has 236 valence electrons. The topological polar surface area (TPSA) is 90.5 Å². The van der Waals surface area contributed by atoms with Crippen LogP contribution >= 0.6 is 0 Å². The molecule has 2 saturated heterocycles. The van der Waals surface area contributed by atoms with Crippen LogP contribution < -0.4 is 0 Å². The third-order valence-corrected chi connectivity index (χ3v) is 10.1. The smallest absolute Gasteiger partial charge is 0.327 e. The van der Waals surface area contributed by atoms with Gasteiger partial charge in [-0.25, -0.2) is 9.59 Å². The molecule has 0 aromatic rings. The van der Waals surface area contributed by atoms with Crippen LogP contribution in [0.4, 0.5) is 9.59 Å². The SMILES string of the molecule is CCN1CC(=O)N(CCCCC(CC)(CC)CCCCOCCCCC(CC)(CC)CN2C(=O)CN(C)C2=O)C1=O. The van der Waals surface area contributed by atoms with Gasteiger partial charge in [-0.1, -0.05) is 59.8 Å². The van der Waals surface area contributed by atoms with Crippen molar-refractivity contribution >= 4 is 23.9 Å². The second-order valence-corrected chi connectivity index (χ2v) is 12.4. The summed E-state index contributed by atoms with van der Waals surface area (Å²) in [5, 5.41) is 0. The lowest BCUT2D eigenvalue weighted by molar-refractivity contribution is -0.127. The van der Waals surface area contributed by atoms with Crippen molar-refractivity contribution in [2.24, 2.45) is 10.8 Å². The molecule has 41 heavy (non-hydrogen) atoms. The van der Waals surface area contributed by atoms with E-state index in [0.717, 1.165) is 90.3 Å². The number of imide groups is 2. The second-order valence-electron chi connectivity index (χ2n) is 12.4. The maximum absolute atomic E-state index is 12.4. The lowest BCUT2D eigenvalue weighted by Gasteiger charge is -2.35. The lowest BCUT2D eigenvalue weighted by atomic mass is 9.74. The molecule has 0 aromatic carbocycles. The summed E-state index contributed by atoms with van der Waals surface area (Å²) in [5.41, 5.74) is 0.306. The summed E-state index contributed by atoms with van der Waals surface area (Å²) >= 11 is 0. The Bertz CT molecular complexity index is 855. The largest absolute Gasteiger partial charge is 0.381 e. The fourth-order valence-corrected chi connectivity index (χ4v) is 6.49. The highest BCUT2D eigenvalue weighted by atomic mass is 16.5. The fraction of sp³-hybridized carbons (Fsp3) is 0.875. The summed E-state index contributed by atoms with van der Waals surface area (Å²) < 4.78 is 5.97. The van der Waals surface area contributed by atoms with Gasteiger partial charge in [-0.05, 0) is 69.1 Å². The first-order chi connectivity index (χ1) is 19.6. The summed E-state index contributed by atoms with van der Waals surface area (Å²) in [6.07, 6.45) is 13.7. The number of likely N-dealkylation sites (N-methyl/N-ethyl adjacent to an activating group) is 2. The van der Waals surface area contributed by atoms with Gasteiger partial charge >= 0.3 is 12.1 Å². The molecule has 0 atom stereocenters. The molecule has 0 aromatic heterocycles. The maximum atomic E-state index is 12.4. The second kappa shape index (κ2) is 17.1. The molecule has 0 aliphatic carbocycles. The number of rotatable bonds is 22. The molecular formula is C32H58N4O5. The first-order valence-corrected chi connectivity index (χ1v) is 16.3. The Kier molecular flexibility index (Phi) is 14.6. The number of carbonyl (C=O) groups excluding carboxylic acids is 4. The van der Waals surface area contributed by atoms with E-state index in [1.54, 1.807) is 11.9 Å². The van der Waals surface area contributed by atoms with E-state index in [-0.39, 0.29) is 42.4 Å². The summed E-state index contributed by atoms with van der Waals surface area (Å²) in [4.78, 5) is 55.1. The molecule has 2 heterocycles. The molecule has 0 saturated carbocycles. The molecule has 2 aliphatic heterocycles. The van der Waals surface area contributed by atoms with Gasteiger partial charge in [-0.2, -0.15) is 0 Å². The molecule has 2 aliphatic rings. The highest BCUT2D eigenvalue weighted by Gasteiger charge is 2.39. The van der Waals surface area contributed by atoms with E-state index in [1.165, 1.54) is 21.1 Å². The van der Waals surface area contributed by atoms with Crippen LogP contribution in [0, 0.1) is 10.8 Å². The van der Waals surface area contributed by atoms with Gasteiger partial charge in [0.1, 0.15) is 13.1 Å². The Morgan fingerprint density at radius 1 is 0.634 bits per heavy atom. The third-order valence-electron chi connectivity index (χ3n) is 10.1. The van der Waals surface area contributed by atoms with Gasteiger partial charge in [0.25, 0.3) is 0 Å². The summed E-state index contributed by atoms with van der Waals surface area (Å²) in [5.74, 6) is -0.145. The quantitative estimate of drug-likeness (QED) is 0.111. The average Bonchev–Trinajstić information content (AvgIpc) is 3.39. The minimum absolute atomic E-state index is 0.0183. The van der Waals surface area contributed by atoms with E-state index in [2.05, 4.69) is 27.7 Å². The van der Waals surface area contributed by atoms with Crippen LogP contribution in [0.1, 0.15) is 118 Å². The monoisotopic (exact) mass is 578 g/mol. The van der Waals surface area contributed by atoms with Gasteiger partial charge in [0.2, 0.25) is 11.8 Å². The average molecular weight is 579 g/mol. The first-order valence-electron chi connectivity index (χ1n) is 16.3. The fourth-order valence-electron chi connectivity index (χ4n) is 6.49. The van der Waals surface area contributed by atoms with Gasteiger partial charge in [0, 0.05) is 39.9 Å². The Morgan fingerprint density at radius 2 is 1.15 bits per heavy atom. The number of unbranched alkanes of at least 4 members (excludes halogenated alkanes) is 3. The number of hydrogen-bond acceptors (Lipinski definition) is 5. The van der Waals surface area contributed by atoms with Crippen molar-refractivity contribution in [3.05, 3.63) is 0 Å². The Labute approximate surface area is 249 Å².